The molecule has 0 radical (unpaired) electrons. The number of carboxylic acid groups (broad SMARTS) is 1. The van der Waals surface area contributed by atoms with Gasteiger partial charge in [-0.2, -0.15) is 5.10 Å². The SMILES string of the molecule is CC1=NNC2C(CC(=O)O)C(C)=C(c3ccc(Cl)cc3)c3c(sc(C)c3C)N12. The Bertz CT molecular complexity index is 1020. The van der Waals surface area contributed by atoms with Crippen LogP contribution in [0, 0.1) is 19.8 Å². The van der Waals surface area contributed by atoms with Crippen molar-refractivity contribution in [3.8, 4) is 0 Å². The summed E-state index contributed by atoms with van der Waals surface area (Å²) in [5.41, 5.74) is 8.78. The second kappa shape index (κ2) is 6.94. The number of aryl methyl sites for hydroxylation is 1. The zero-order chi connectivity index (χ0) is 20.2. The standard InChI is InChI=1S/C21H22ClN3O2S/c1-10-12(3)28-21-19(10)18(14-5-7-15(22)8-6-14)11(2)16(9-17(26)27)20-24-23-13(4)25(20)21/h5-8,16,20,24H,9H2,1-4H3,(H,26,27). The summed E-state index contributed by atoms with van der Waals surface area (Å²) in [5, 5.41) is 15.8. The lowest BCUT2D eigenvalue weighted by atomic mass is 9.85. The van der Waals surface area contributed by atoms with Gasteiger partial charge in [0.05, 0.1) is 6.42 Å². The Hall–Kier alpha value is -2.31. The van der Waals surface area contributed by atoms with Crippen molar-refractivity contribution >= 4 is 45.3 Å². The van der Waals surface area contributed by atoms with Crippen LogP contribution in [0.25, 0.3) is 5.57 Å². The van der Waals surface area contributed by atoms with Crippen molar-refractivity contribution in [2.75, 3.05) is 4.90 Å². The van der Waals surface area contributed by atoms with E-state index in [1.54, 1.807) is 11.3 Å². The number of thiophene rings is 1. The van der Waals surface area contributed by atoms with Gasteiger partial charge in [0.15, 0.2) is 0 Å². The van der Waals surface area contributed by atoms with Crippen molar-refractivity contribution in [3.05, 3.63) is 56.4 Å². The monoisotopic (exact) mass is 415 g/mol. The maximum atomic E-state index is 11.7. The normalized spacial score (nSPS) is 21.0. The van der Waals surface area contributed by atoms with Gasteiger partial charge in [-0.05, 0) is 56.5 Å². The quantitative estimate of drug-likeness (QED) is 0.739. The van der Waals surface area contributed by atoms with E-state index in [1.165, 1.54) is 16.0 Å². The van der Waals surface area contributed by atoms with E-state index in [0.717, 1.165) is 27.5 Å². The van der Waals surface area contributed by atoms with Crippen LogP contribution in [0.3, 0.4) is 0 Å². The van der Waals surface area contributed by atoms with Crippen LogP contribution < -0.4 is 10.3 Å². The average Bonchev–Trinajstić information content (AvgIpc) is 3.12. The Morgan fingerprint density at radius 3 is 2.57 bits per heavy atom. The van der Waals surface area contributed by atoms with E-state index in [4.69, 9.17) is 11.6 Å². The molecular weight excluding hydrogens is 394 g/mol. The summed E-state index contributed by atoms with van der Waals surface area (Å²) in [6.07, 6.45) is -0.176. The van der Waals surface area contributed by atoms with E-state index in [-0.39, 0.29) is 18.5 Å². The minimum atomic E-state index is -0.815. The molecule has 1 aromatic carbocycles. The van der Waals surface area contributed by atoms with Crippen LogP contribution in [0.1, 0.15) is 41.8 Å². The van der Waals surface area contributed by atoms with Crippen LogP contribution in [-0.4, -0.2) is 23.1 Å². The predicted molar refractivity (Wildman–Crippen MR) is 115 cm³/mol. The molecule has 1 aromatic heterocycles. The van der Waals surface area contributed by atoms with E-state index in [0.29, 0.717) is 5.02 Å². The van der Waals surface area contributed by atoms with Crippen LogP contribution in [0.15, 0.2) is 34.9 Å². The molecule has 0 spiro atoms. The Morgan fingerprint density at radius 1 is 1.25 bits per heavy atom. The van der Waals surface area contributed by atoms with Crippen molar-refractivity contribution < 1.29 is 9.90 Å². The average molecular weight is 416 g/mol. The fourth-order valence-electron chi connectivity index (χ4n) is 4.15. The number of hydrogen-bond donors (Lipinski definition) is 2. The lowest BCUT2D eigenvalue weighted by Gasteiger charge is -2.30. The molecule has 2 N–H and O–H groups in total. The summed E-state index contributed by atoms with van der Waals surface area (Å²) in [6, 6.07) is 7.79. The molecule has 0 saturated carbocycles. The zero-order valence-electron chi connectivity index (χ0n) is 16.2. The number of carboxylic acids is 1. The van der Waals surface area contributed by atoms with Crippen molar-refractivity contribution in [1.29, 1.82) is 0 Å². The highest BCUT2D eigenvalue weighted by molar-refractivity contribution is 7.16. The first kappa shape index (κ1) is 19.0. The highest BCUT2D eigenvalue weighted by Gasteiger charge is 2.42. The molecular formula is C21H22ClN3O2S. The van der Waals surface area contributed by atoms with Gasteiger partial charge in [-0.3, -0.25) is 15.1 Å². The minimum absolute atomic E-state index is 0.0346. The Labute approximate surface area is 173 Å². The third-order valence-corrected chi connectivity index (χ3v) is 7.14. The lowest BCUT2D eigenvalue weighted by Crippen LogP contribution is -2.45. The van der Waals surface area contributed by atoms with E-state index < -0.39 is 5.97 Å². The number of nitrogens with zero attached hydrogens (tertiary/aromatic N) is 2. The molecule has 5 nitrogen and oxygen atoms in total. The number of rotatable bonds is 3. The lowest BCUT2D eigenvalue weighted by molar-refractivity contribution is -0.138. The first-order chi connectivity index (χ1) is 13.3. The van der Waals surface area contributed by atoms with E-state index >= 15 is 0 Å². The molecule has 2 aromatic rings. The fourth-order valence-corrected chi connectivity index (χ4v) is 5.52. The van der Waals surface area contributed by atoms with E-state index in [1.807, 2.05) is 38.1 Å². The molecule has 2 unspecified atom stereocenters. The predicted octanol–water partition coefficient (Wildman–Crippen LogP) is 5.01. The Morgan fingerprint density at radius 2 is 1.93 bits per heavy atom. The highest BCUT2D eigenvalue weighted by Crippen LogP contribution is 2.49. The Balaban J connectivity index is 2.03. The summed E-state index contributed by atoms with van der Waals surface area (Å²) in [7, 11) is 0. The van der Waals surface area contributed by atoms with Gasteiger partial charge in [0.2, 0.25) is 0 Å². The number of nitrogens with one attached hydrogen (secondary N) is 1. The van der Waals surface area contributed by atoms with Crippen LogP contribution in [0.4, 0.5) is 5.00 Å². The molecule has 0 aliphatic carbocycles. The fraction of sp³-hybridized carbons (Fsp3) is 0.333. The topological polar surface area (TPSA) is 64.9 Å². The molecule has 0 bridgehead atoms. The van der Waals surface area contributed by atoms with Crippen LogP contribution in [0.5, 0.6) is 0 Å². The molecule has 146 valence electrons. The van der Waals surface area contributed by atoms with Gasteiger partial charge in [0.25, 0.3) is 0 Å². The van der Waals surface area contributed by atoms with Gasteiger partial charge in [-0.15, -0.1) is 11.3 Å². The maximum Gasteiger partial charge on any atom is 0.304 e. The second-order valence-corrected chi connectivity index (χ2v) is 8.98. The number of fused-ring (bicyclic) bond motifs is 3. The summed E-state index contributed by atoms with van der Waals surface area (Å²) in [5.74, 6) is -0.180. The third-order valence-electron chi connectivity index (χ3n) is 5.68. The van der Waals surface area contributed by atoms with E-state index in [9.17, 15) is 9.90 Å². The number of hydrogen-bond acceptors (Lipinski definition) is 5. The molecule has 2 atom stereocenters. The van der Waals surface area contributed by atoms with Crippen LogP contribution in [-0.2, 0) is 4.79 Å². The number of amidine groups is 1. The molecule has 28 heavy (non-hydrogen) atoms. The summed E-state index contributed by atoms with van der Waals surface area (Å²) < 4.78 is 0. The van der Waals surface area contributed by atoms with Crippen molar-refractivity contribution in [1.82, 2.24) is 5.43 Å². The second-order valence-electron chi connectivity index (χ2n) is 7.34. The zero-order valence-corrected chi connectivity index (χ0v) is 17.8. The highest BCUT2D eigenvalue weighted by atomic mass is 35.5. The summed E-state index contributed by atoms with van der Waals surface area (Å²) in [4.78, 5) is 15.1. The number of benzene rings is 1. The van der Waals surface area contributed by atoms with Gasteiger partial charge in [0.1, 0.15) is 17.0 Å². The van der Waals surface area contributed by atoms with Crippen molar-refractivity contribution in [2.24, 2.45) is 11.0 Å². The molecule has 0 saturated heterocycles. The van der Waals surface area contributed by atoms with E-state index in [2.05, 4.69) is 29.3 Å². The number of hydrazone groups is 1. The van der Waals surface area contributed by atoms with Crippen molar-refractivity contribution in [3.63, 3.8) is 0 Å². The molecule has 7 heteroatoms. The molecule has 3 heterocycles. The van der Waals surface area contributed by atoms with Gasteiger partial charge in [-0.1, -0.05) is 29.3 Å². The number of halogens is 1. The first-order valence-corrected chi connectivity index (χ1v) is 10.4. The Kier molecular flexibility index (Phi) is 4.71. The maximum absolute atomic E-state index is 11.7. The summed E-state index contributed by atoms with van der Waals surface area (Å²) in [6.45, 7) is 8.27. The van der Waals surface area contributed by atoms with Crippen LogP contribution in [0.2, 0.25) is 5.02 Å². The summed E-state index contributed by atoms with van der Waals surface area (Å²) >= 11 is 7.86. The minimum Gasteiger partial charge on any atom is -0.481 e. The number of anilines is 1. The van der Waals surface area contributed by atoms with Gasteiger partial charge in [0, 0.05) is 21.4 Å². The molecule has 2 aliphatic heterocycles. The van der Waals surface area contributed by atoms with Gasteiger partial charge >= 0.3 is 5.97 Å². The smallest absolute Gasteiger partial charge is 0.304 e. The van der Waals surface area contributed by atoms with Gasteiger partial charge < -0.3 is 5.11 Å². The van der Waals surface area contributed by atoms with Crippen molar-refractivity contribution in [2.45, 2.75) is 40.3 Å². The van der Waals surface area contributed by atoms with Crippen LogP contribution >= 0.6 is 22.9 Å². The molecule has 4 rings (SSSR count). The number of aliphatic carboxylic acids is 1. The third kappa shape index (κ3) is 2.91. The largest absolute Gasteiger partial charge is 0.481 e. The molecule has 2 aliphatic rings. The first-order valence-electron chi connectivity index (χ1n) is 9.17. The number of carbonyl (C=O) groups is 1. The molecule has 0 fully saturated rings. The van der Waals surface area contributed by atoms with Gasteiger partial charge in [-0.25, -0.2) is 0 Å². The molecule has 0 amide bonds.